The van der Waals surface area contributed by atoms with E-state index in [-0.39, 0.29) is 0 Å². The summed E-state index contributed by atoms with van der Waals surface area (Å²) in [5, 5.41) is 0. The molecule has 2 aromatic rings. The van der Waals surface area contributed by atoms with E-state index in [4.69, 9.17) is 5.73 Å². The first-order valence-corrected chi connectivity index (χ1v) is 4.76. The van der Waals surface area contributed by atoms with Gasteiger partial charge in [0.25, 0.3) is 5.56 Å². The molecule has 16 heavy (non-hydrogen) atoms. The van der Waals surface area contributed by atoms with Gasteiger partial charge in [-0.1, -0.05) is 11.6 Å². The van der Waals surface area contributed by atoms with Gasteiger partial charge in [0.1, 0.15) is 0 Å². The Balaban J connectivity index is 2.71. The zero-order valence-electron chi connectivity index (χ0n) is 8.70. The van der Waals surface area contributed by atoms with Crippen LogP contribution in [0.15, 0.2) is 33.9 Å². The number of hydrogen-bond acceptors (Lipinski definition) is 3. The fourth-order valence-electron chi connectivity index (χ4n) is 1.52. The lowest BCUT2D eigenvalue weighted by Crippen LogP contribution is -2.21. The van der Waals surface area contributed by atoms with Crippen molar-refractivity contribution in [2.75, 3.05) is 5.73 Å². The van der Waals surface area contributed by atoms with Crippen LogP contribution in [0.5, 0.6) is 0 Å². The fourth-order valence-corrected chi connectivity index (χ4v) is 1.52. The lowest BCUT2D eigenvalue weighted by atomic mass is 10.1. The van der Waals surface area contributed by atoms with Gasteiger partial charge >= 0.3 is 5.69 Å². The summed E-state index contributed by atoms with van der Waals surface area (Å²) in [5.41, 5.74) is 7.41. The van der Waals surface area contributed by atoms with Crippen LogP contribution in [0, 0.1) is 6.92 Å². The molecular weight excluding hydrogens is 206 g/mol. The average molecular weight is 217 g/mol. The summed E-state index contributed by atoms with van der Waals surface area (Å²) in [5.74, 6) is 0. The number of nitrogen functional groups attached to an aromatic ring is 1. The van der Waals surface area contributed by atoms with E-state index in [2.05, 4.69) is 9.97 Å². The van der Waals surface area contributed by atoms with E-state index < -0.39 is 11.2 Å². The molecule has 0 atom stereocenters. The molecule has 0 aliphatic rings. The summed E-state index contributed by atoms with van der Waals surface area (Å²) in [6.45, 7) is 1.91. The number of rotatable bonds is 1. The first-order chi connectivity index (χ1) is 7.56. The van der Waals surface area contributed by atoms with E-state index in [1.807, 2.05) is 19.1 Å². The van der Waals surface area contributed by atoms with E-state index in [0.717, 1.165) is 5.56 Å². The van der Waals surface area contributed by atoms with Crippen molar-refractivity contribution in [3.63, 3.8) is 0 Å². The lowest BCUT2D eigenvalue weighted by Gasteiger charge is -2.05. The van der Waals surface area contributed by atoms with Crippen LogP contribution in [-0.4, -0.2) is 9.97 Å². The lowest BCUT2D eigenvalue weighted by molar-refractivity contribution is 1.04. The molecule has 1 aromatic carbocycles. The molecule has 0 aliphatic carbocycles. The van der Waals surface area contributed by atoms with Gasteiger partial charge in [-0.15, -0.1) is 0 Å². The predicted molar refractivity (Wildman–Crippen MR) is 62.3 cm³/mol. The minimum absolute atomic E-state index is 0.426. The van der Waals surface area contributed by atoms with Crippen LogP contribution < -0.4 is 17.0 Å². The largest absolute Gasteiger partial charge is 0.398 e. The standard InChI is InChI=1S/C11H11N3O2/c1-6-2-3-8(12)7(4-6)9-5-10(15)14-11(16)13-9/h2-5H,12H2,1H3,(H2,13,14,15,16). The molecule has 0 bridgehead atoms. The van der Waals surface area contributed by atoms with Gasteiger partial charge in [0.05, 0.1) is 5.69 Å². The Bertz CT molecular complexity index is 612. The molecule has 0 radical (unpaired) electrons. The van der Waals surface area contributed by atoms with Crippen LogP contribution in [-0.2, 0) is 0 Å². The second-order valence-corrected chi connectivity index (χ2v) is 3.59. The van der Waals surface area contributed by atoms with Crippen molar-refractivity contribution in [1.82, 2.24) is 9.97 Å². The predicted octanol–water partition coefficient (Wildman–Crippen LogP) is 0.621. The van der Waals surface area contributed by atoms with Crippen LogP contribution >= 0.6 is 0 Å². The Hall–Kier alpha value is -2.30. The zero-order chi connectivity index (χ0) is 11.7. The van der Waals surface area contributed by atoms with Gasteiger partial charge < -0.3 is 10.7 Å². The highest BCUT2D eigenvalue weighted by Gasteiger charge is 2.04. The van der Waals surface area contributed by atoms with Crippen molar-refractivity contribution >= 4 is 5.69 Å². The Labute approximate surface area is 91.0 Å². The number of aryl methyl sites for hydroxylation is 1. The number of benzene rings is 1. The molecule has 5 heteroatoms. The molecule has 0 saturated carbocycles. The second kappa shape index (κ2) is 3.69. The molecular formula is C11H11N3O2. The molecule has 0 unspecified atom stereocenters. The summed E-state index contributed by atoms with van der Waals surface area (Å²) in [6.07, 6.45) is 0. The van der Waals surface area contributed by atoms with Gasteiger partial charge in [-0.3, -0.25) is 9.78 Å². The van der Waals surface area contributed by atoms with Crippen LogP contribution in [0.3, 0.4) is 0 Å². The van der Waals surface area contributed by atoms with Gasteiger partial charge in [0.15, 0.2) is 0 Å². The van der Waals surface area contributed by atoms with Crippen molar-refractivity contribution < 1.29 is 0 Å². The number of anilines is 1. The van der Waals surface area contributed by atoms with Gasteiger partial charge in [0.2, 0.25) is 0 Å². The summed E-state index contributed by atoms with van der Waals surface area (Å²) in [6, 6.07) is 6.74. The van der Waals surface area contributed by atoms with Crippen molar-refractivity contribution in [2.45, 2.75) is 6.92 Å². The van der Waals surface area contributed by atoms with Crippen LogP contribution in [0.1, 0.15) is 5.56 Å². The van der Waals surface area contributed by atoms with Gasteiger partial charge in [-0.25, -0.2) is 4.79 Å². The quantitative estimate of drug-likeness (QED) is 0.611. The maximum Gasteiger partial charge on any atom is 0.326 e. The molecule has 4 N–H and O–H groups in total. The molecule has 5 nitrogen and oxygen atoms in total. The number of hydrogen-bond donors (Lipinski definition) is 3. The summed E-state index contributed by atoms with van der Waals surface area (Å²) >= 11 is 0. The monoisotopic (exact) mass is 217 g/mol. The van der Waals surface area contributed by atoms with Crippen molar-refractivity contribution in [3.05, 3.63) is 50.7 Å². The Morgan fingerprint density at radius 3 is 2.56 bits per heavy atom. The normalized spacial score (nSPS) is 10.3. The number of aromatic amines is 2. The number of aromatic nitrogens is 2. The van der Waals surface area contributed by atoms with Crippen LogP contribution in [0.2, 0.25) is 0 Å². The molecule has 0 amide bonds. The van der Waals surface area contributed by atoms with E-state index in [9.17, 15) is 9.59 Å². The zero-order valence-corrected chi connectivity index (χ0v) is 8.70. The first-order valence-electron chi connectivity index (χ1n) is 4.76. The third-order valence-corrected chi connectivity index (χ3v) is 2.26. The second-order valence-electron chi connectivity index (χ2n) is 3.59. The molecule has 1 heterocycles. The van der Waals surface area contributed by atoms with Gasteiger partial charge in [-0.05, 0) is 19.1 Å². The highest BCUT2D eigenvalue weighted by Crippen LogP contribution is 2.23. The smallest absolute Gasteiger partial charge is 0.326 e. The first kappa shape index (κ1) is 10.2. The average Bonchev–Trinajstić information content (AvgIpc) is 2.20. The Morgan fingerprint density at radius 2 is 1.88 bits per heavy atom. The molecule has 82 valence electrons. The third-order valence-electron chi connectivity index (χ3n) is 2.26. The van der Waals surface area contributed by atoms with Crippen molar-refractivity contribution in [2.24, 2.45) is 0 Å². The Morgan fingerprint density at radius 1 is 1.12 bits per heavy atom. The maximum absolute atomic E-state index is 11.2. The minimum Gasteiger partial charge on any atom is -0.398 e. The Kier molecular flexibility index (Phi) is 2.36. The van der Waals surface area contributed by atoms with Crippen molar-refractivity contribution in [1.29, 1.82) is 0 Å². The highest BCUT2D eigenvalue weighted by atomic mass is 16.2. The molecule has 1 aromatic heterocycles. The molecule has 2 rings (SSSR count). The SMILES string of the molecule is Cc1ccc(N)c(-c2cc(=O)[nH]c(=O)[nH]2)c1. The van der Waals surface area contributed by atoms with Gasteiger partial charge in [-0.2, -0.15) is 0 Å². The highest BCUT2D eigenvalue weighted by molar-refractivity contribution is 5.73. The van der Waals surface area contributed by atoms with E-state index in [1.165, 1.54) is 6.07 Å². The summed E-state index contributed by atoms with van der Waals surface area (Å²) < 4.78 is 0. The van der Waals surface area contributed by atoms with E-state index in [0.29, 0.717) is 16.9 Å². The van der Waals surface area contributed by atoms with Crippen LogP contribution in [0.4, 0.5) is 5.69 Å². The third kappa shape index (κ3) is 1.88. The maximum atomic E-state index is 11.2. The summed E-state index contributed by atoms with van der Waals surface area (Å²) in [7, 11) is 0. The molecule has 0 spiro atoms. The fraction of sp³-hybridized carbons (Fsp3) is 0.0909. The minimum atomic E-state index is -0.539. The number of H-pyrrole nitrogens is 2. The number of nitrogens with two attached hydrogens (primary N) is 1. The van der Waals surface area contributed by atoms with Gasteiger partial charge in [0, 0.05) is 17.3 Å². The molecule has 0 fully saturated rings. The molecule has 0 saturated heterocycles. The topological polar surface area (TPSA) is 91.7 Å². The van der Waals surface area contributed by atoms with E-state index in [1.54, 1.807) is 6.07 Å². The van der Waals surface area contributed by atoms with E-state index >= 15 is 0 Å². The summed E-state index contributed by atoms with van der Waals surface area (Å²) in [4.78, 5) is 26.9. The number of nitrogens with one attached hydrogen (secondary N) is 2. The van der Waals surface area contributed by atoms with Crippen molar-refractivity contribution in [3.8, 4) is 11.3 Å². The molecule has 0 aliphatic heterocycles. The van der Waals surface area contributed by atoms with Crippen LogP contribution in [0.25, 0.3) is 11.3 Å².